The first kappa shape index (κ1) is 16.6. The maximum atomic E-state index is 14.1. The van der Waals surface area contributed by atoms with Crippen molar-refractivity contribution in [3.05, 3.63) is 34.0 Å². The number of benzene rings is 1. The molecule has 0 bridgehead atoms. The first-order valence-electron chi connectivity index (χ1n) is 8.41. The van der Waals surface area contributed by atoms with Crippen molar-refractivity contribution in [3.63, 3.8) is 0 Å². The van der Waals surface area contributed by atoms with Crippen molar-refractivity contribution in [2.75, 3.05) is 25.6 Å². The molecule has 26 heavy (non-hydrogen) atoms. The Labute approximate surface area is 148 Å². The van der Waals surface area contributed by atoms with E-state index in [9.17, 15) is 9.18 Å². The van der Waals surface area contributed by atoms with Crippen LogP contribution >= 0.6 is 0 Å². The molecule has 3 atom stereocenters. The van der Waals surface area contributed by atoms with E-state index < -0.39 is 11.4 Å². The van der Waals surface area contributed by atoms with Crippen LogP contribution in [-0.2, 0) is 4.74 Å². The van der Waals surface area contributed by atoms with Gasteiger partial charge in [-0.2, -0.15) is 5.10 Å². The molecule has 8 nitrogen and oxygen atoms in total. The molecule has 0 amide bonds. The van der Waals surface area contributed by atoms with Gasteiger partial charge in [0.15, 0.2) is 0 Å². The summed E-state index contributed by atoms with van der Waals surface area (Å²) in [6, 6.07) is 2.45. The van der Waals surface area contributed by atoms with Crippen LogP contribution in [-0.4, -0.2) is 48.7 Å². The normalized spacial score (nSPS) is 25.8. The number of nitrogens with zero attached hydrogens (tertiary/aromatic N) is 3. The molecule has 9 heteroatoms. The molecule has 1 saturated heterocycles. The van der Waals surface area contributed by atoms with Crippen molar-refractivity contribution in [1.29, 1.82) is 0 Å². The van der Waals surface area contributed by atoms with E-state index in [0.717, 1.165) is 6.42 Å². The van der Waals surface area contributed by atoms with Gasteiger partial charge in [0.05, 0.1) is 29.9 Å². The van der Waals surface area contributed by atoms with Gasteiger partial charge in [-0.3, -0.25) is 9.79 Å². The van der Waals surface area contributed by atoms with Gasteiger partial charge in [0.1, 0.15) is 11.7 Å². The molecule has 2 aliphatic heterocycles. The van der Waals surface area contributed by atoms with Crippen LogP contribution < -0.4 is 16.6 Å². The van der Waals surface area contributed by atoms with E-state index >= 15 is 0 Å². The number of amidine groups is 1. The molecule has 3 heterocycles. The van der Waals surface area contributed by atoms with E-state index in [4.69, 9.17) is 10.5 Å². The molecular weight excluding hydrogens is 339 g/mol. The minimum absolute atomic E-state index is 0.157. The highest BCUT2D eigenvalue weighted by molar-refractivity contribution is 6.04. The molecule has 0 spiro atoms. The van der Waals surface area contributed by atoms with Crippen molar-refractivity contribution in [2.45, 2.75) is 18.4 Å². The minimum Gasteiger partial charge on any atom is -0.390 e. The third kappa shape index (κ3) is 2.55. The molecule has 0 aliphatic carbocycles. The summed E-state index contributed by atoms with van der Waals surface area (Å²) in [6.07, 6.45) is 2.04. The van der Waals surface area contributed by atoms with Gasteiger partial charge in [-0.25, -0.2) is 14.5 Å². The maximum Gasteiger partial charge on any atom is 0.272 e. The second-order valence-corrected chi connectivity index (χ2v) is 6.45. The molecule has 0 radical (unpaired) electrons. The van der Waals surface area contributed by atoms with Gasteiger partial charge >= 0.3 is 0 Å². The van der Waals surface area contributed by atoms with Crippen LogP contribution in [0.15, 0.2) is 26.9 Å². The number of nitrogens with one attached hydrogen (secondary N) is 2. The van der Waals surface area contributed by atoms with Crippen LogP contribution in [0.25, 0.3) is 10.8 Å². The number of hydrogen-bond donors (Lipinski definition) is 3. The molecule has 0 unspecified atom stereocenters. The molecule has 1 aromatic carbocycles. The lowest BCUT2D eigenvalue weighted by Gasteiger charge is -2.36. The number of aromatic amines is 1. The summed E-state index contributed by atoms with van der Waals surface area (Å²) in [5.74, 6) is -0.159. The van der Waals surface area contributed by atoms with E-state index in [2.05, 4.69) is 25.5 Å². The fraction of sp³-hybridized carbons (Fsp3) is 0.412. The van der Waals surface area contributed by atoms with Gasteiger partial charge < -0.3 is 15.8 Å². The van der Waals surface area contributed by atoms with Crippen LogP contribution in [0, 0.1) is 11.7 Å². The average molecular weight is 358 g/mol. The molecule has 2 aliphatic rings. The van der Waals surface area contributed by atoms with E-state index in [1.165, 1.54) is 18.5 Å². The number of hydrogen-bond acceptors (Lipinski definition) is 5. The Morgan fingerprint density at radius 2 is 2.35 bits per heavy atom. The standard InChI is InChI=1S/C17H19FN6O2/c1-20-16(21-7-19)13-14(8-2-3-26-6-8)22-11-5-9(18)4-10-12(11)15(13)23-24-17(10)25/h4-5,7-8,13-14,22H,2-3,6H2,1H3,(H,24,25)(H2,19,20,21)/t8-,13-,14-/m1/s1. The van der Waals surface area contributed by atoms with E-state index in [0.29, 0.717) is 35.8 Å². The predicted molar refractivity (Wildman–Crippen MR) is 97.4 cm³/mol. The van der Waals surface area contributed by atoms with Gasteiger partial charge in [0.25, 0.3) is 5.56 Å². The summed E-state index contributed by atoms with van der Waals surface area (Å²) in [5.41, 5.74) is 6.22. The molecular formula is C17H19FN6O2. The Morgan fingerprint density at radius 1 is 1.50 bits per heavy atom. The first-order chi connectivity index (χ1) is 12.6. The second-order valence-electron chi connectivity index (χ2n) is 6.45. The summed E-state index contributed by atoms with van der Waals surface area (Å²) < 4.78 is 19.6. The van der Waals surface area contributed by atoms with E-state index in [1.807, 2.05) is 0 Å². The van der Waals surface area contributed by atoms with Crippen LogP contribution in [0.3, 0.4) is 0 Å². The first-order valence-corrected chi connectivity index (χ1v) is 8.41. The molecule has 0 saturated carbocycles. The topological polar surface area (TPSA) is 118 Å². The van der Waals surface area contributed by atoms with Crippen molar-refractivity contribution in [1.82, 2.24) is 10.2 Å². The Morgan fingerprint density at radius 3 is 3.04 bits per heavy atom. The Bertz CT molecular complexity index is 964. The number of aromatic nitrogens is 2. The van der Waals surface area contributed by atoms with Crippen molar-refractivity contribution in [3.8, 4) is 0 Å². The molecule has 1 aromatic heterocycles. The van der Waals surface area contributed by atoms with Crippen LogP contribution in [0.4, 0.5) is 10.1 Å². The minimum atomic E-state index is -0.480. The number of nitrogens with two attached hydrogens (primary N) is 1. The number of halogens is 1. The van der Waals surface area contributed by atoms with E-state index in [1.54, 1.807) is 7.05 Å². The second kappa shape index (κ2) is 6.49. The number of ether oxygens (including phenoxy) is 1. The van der Waals surface area contributed by atoms with Crippen molar-refractivity contribution < 1.29 is 9.13 Å². The number of anilines is 1. The van der Waals surface area contributed by atoms with Crippen LogP contribution in [0.5, 0.6) is 0 Å². The SMILES string of the molecule is CN=C(N=CN)[C@H]1c2n[nH]c(=O)c3cc(F)cc(c23)N[C@@H]1[C@@H]1CCOC1. The average Bonchev–Trinajstić information content (AvgIpc) is 3.16. The van der Waals surface area contributed by atoms with Gasteiger partial charge in [0.2, 0.25) is 0 Å². The quantitative estimate of drug-likeness (QED) is 0.547. The lowest BCUT2D eigenvalue weighted by molar-refractivity contribution is 0.181. The zero-order valence-corrected chi connectivity index (χ0v) is 14.2. The molecule has 136 valence electrons. The predicted octanol–water partition coefficient (Wildman–Crippen LogP) is 0.992. The maximum absolute atomic E-state index is 14.1. The largest absolute Gasteiger partial charge is 0.390 e. The smallest absolute Gasteiger partial charge is 0.272 e. The van der Waals surface area contributed by atoms with Crippen molar-refractivity contribution in [2.24, 2.45) is 21.6 Å². The van der Waals surface area contributed by atoms with Crippen molar-refractivity contribution >= 4 is 28.6 Å². The van der Waals surface area contributed by atoms with Gasteiger partial charge in [0, 0.05) is 36.7 Å². The summed E-state index contributed by atoms with van der Waals surface area (Å²) in [5, 5.41) is 11.0. The lowest BCUT2D eigenvalue weighted by Crippen LogP contribution is -2.42. The third-order valence-corrected chi connectivity index (χ3v) is 5.04. The van der Waals surface area contributed by atoms with Gasteiger partial charge in [-0.15, -0.1) is 0 Å². The van der Waals surface area contributed by atoms with Gasteiger partial charge in [-0.05, 0) is 18.6 Å². The summed E-state index contributed by atoms with van der Waals surface area (Å²) in [6.45, 7) is 1.24. The molecule has 4 rings (SSSR count). The van der Waals surface area contributed by atoms with Gasteiger partial charge in [-0.1, -0.05) is 0 Å². The highest BCUT2D eigenvalue weighted by atomic mass is 19.1. The summed E-state index contributed by atoms with van der Waals surface area (Å²) >= 11 is 0. The zero-order valence-electron chi connectivity index (χ0n) is 14.2. The van der Waals surface area contributed by atoms with E-state index in [-0.39, 0.29) is 23.3 Å². The molecule has 2 aromatic rings. The Hall–Kier alpha value is -2.81. The Kier molecular flexibility index (Phi) is 4.15. The molecule has 4 N–H and O–H groups in total. The fourth-order valence-corrected chi connectivity index (χ4v) is 3.92. The summed E-state index contributed by atoms with van der Waals surface area (Å²) in [7, 11) is 1.63. The molecule has 1 fully saturated rings. The lowest BCUT2D eigenvalue weighted by atomic mass is 9.80. The fourth-order valence-electron chi connectivity index (χ4n) is 3.92. The van der Waals surface area contributed by atoms with Crippen LogP contribution in [0.2, 0.25) is 0 Å². The Balaban J connectivity index is 1.98. The number of aliphatic imine (C=N–C) groups is 2. The van der Waals surface area contributed by atoms with Crippen LogP contribution in [0.1, 0.15) is 18.0 Å². The number of rotatable bonds is 2. The third-order valence-electron chi connectivity index (χ3n) is 5.04. The highest BCUT2D eigenvalue weighted by Crippen LogP contribution is 2.41. The highest BCUT2D eigenvalue weighted by Gasteiger charge is 2.41. The zero-order chi connectivity index (χ0) is 18.3. The monoisotopic (exact) mass is 358 g/mol. The summed E-state index contributed by atoms with van der Waals surface area (Å²) in [4.78, 5) is 20.7. The number of H-pyrrole nitrogens is 1.